The number of hydrogen-bond donors (Lipinski definition) is 1. The maximum atomic E-state index is 5.73. The fraction of sp³-hybridized carbons (Fsp3) is 0.400. The Bertz CT molecular complexity index is 1180. The molecule has 0 unspecified atom stereocenters. The highest BCUT2D eigenvalue weighted by molar-refractivity contribution is 6.00. The number of rotatable bonds is 7. The van der Waals surface area contributed by atoms with Gasteiger partial charge in [-0.1, -0.05) is 13.8 Å². The van der Waals surface area contributed by atoms with Crippen molar-refractivity contribution in [1.82, 2.24) is 39.7 Å². The summed E-state index contributed by atoms with van der Waals surface area (Å²) < 4.78 is 9.23. The molecule has 1 N–H and O–H groups in total. The average Bonchev–Trinajstić information content (AvgIpc) is 3.30. The predicted molar refractivity (Wildman–Crippen MR) is 113 cm³/mol. The lowest BCUT2D eigenvalue weighted by Crippen LogP contribution is -2.06. The number of hydrogen-bond acceptors (Lipinski definition) is 8. The van der Waals surface area contributed by atoms with Crippen molar-refractivity contribution in [1.29, 1.82) is 0 Å². The third kappa shape index (κ3) is 3.56. The van der Waals surface area contributed by atoms with Crippen molar-refractivity contribution in [2.75, 3.05) is 11.9 Å². The summed E-state index contributed by atoms with van der Waals surface area (Å²) in [5.74, 6) is 1.39. The zero-order valence-corrected chi connectivity index (χ0v) is 17.8. The van der Waals surface area contributed by atoms with Crippen LogP contribution in [0, 0.1) is 0 Å². The average molecular weight is 407 g/mol. The van der Waals surface area contributed by atoms with E-state index in [1.165, 1.54) is 0 Å². The lowest BCUT2D eigenvalue weighted by atomic mass is 10.0. The van der Waals surface area contributed by atoms with Gasteiger partial charge in [-0.05, 0) is 18.9 Å². The number of aromatic nitrogens is 8. The lowest BCUT2D eigenvalue weighted by molar-refractivity contribution is 0.324. The normalized spacial score (nSPS) is 11.4. The van der Waals surface area contributed by atoms with Gasteiger partial charge in [-0.15, -0.1) is 5.10 Å². The van der Waals surface area contributed by atoms with Gasteiger partial charge >= 0.3 is 0 Å². The maximum Gasteiger partial charge on any atom is 0.241 e. The van der Waals surface area contributed by atoms with Crippen LogP contribution in [-0.4, -0.2) is 46.3 Å². The van der Waals surface area contributed by atoms with E-state index < -0.39 is 0 Å². The molecule has 0 spiro atoms. The number of aryl methyl sites for hydroxylation is 2. The standard InChI is InChI=1S/C20H25N9O/c1-6-30-20-13(7-8-24-25-20)14-9-22-19-16(17(12(2)3)27-29(19)5)18(14)21-10-15-23-11-28(4)26-15/h7-9,11-12H,6,10H2,1-5H3,(H,21,22). The van der Waals surface area contributed by atoms with Gasteiger partial charge in [0.1, 0.15) is 6.33 Å². The molecule has 0 aliphatic rings. The van der Waals surface area contributed by atoms with Crippen LogP contribution in [0.25, 0.3) is 22.2 Å². The molecule has 0 saturated carbocycles. The molecule has 0 aliphatic heterocycles. The van der Waals surface area contributed by atoms with Crippen LogP contribution >= 0.6 is 0 Å². The molecule has 0 saturated heterocycles. The number of pyridine rings is 1. The minimum Gasteiger partial charge on any atom is -0.476 e. The highest BCUT2D eigenvalue weighted by atomic mass is 16.5. The second-order valence-electron chi connectivity index (χ2n) is 7.28. The first-order chi connectivity index (χ1) is 14.5. The summed E-state index contributed by atoms with van der Waals surface area (Å²) in [7, 11) is 3.76. The summed E-state index contributed by atoms with van der Waals surface area (Å²) in [5, 5.41) is 21.7. The highest BCUT2D eigenvalue weighted by Gasteiger charge is 2.22. The van der Waals surface area contributed by atoms with Crippen LogP contribution in [0.2, 0.25) is 0 Å². The van der Waals surface area contributed by atoms with E-state index in [-0.39, 0.29) is 5.92 Å². The van der Waals surface area contributed by atoms with Crippen molar-refractivity contribution in [2.45, 2.75) is 33.2 Å². The maximum absolute atomic E-state index is 5.73. The molecule has 4 heterocycles. The van der Waals surface area contributed by atoms with Crippen LogP contribution in [0.1, 0.15) is 38.2 Å². The van der Waals surface area contributed by atoms with Crippen LogP contribution in [0.15, 0.2) is 24.8 Å². The van der Waals surface area contributed by atoms with Crippen molar-refractivity contribution >= 4 is 16.7 Å². The largest absolute Gasteiger partial charge is 0.476 e. The molecule has 0 radical (unpaired) electrons. The minimum absolute atomic E-state index is 0.223. The second kappa shape index (κ2) is 8.05. The molecule has 0 bridgehead atoms. The van der Waals surface area contributed by atoms with Crippen molar-refractivity contribution in [3.05, 3.63) is 36.3 Å². The minimum atomic E-state index is 0.223. The number of fused-ring (bicyclic) bond motifs is 1. The first-order valence-corrected chi connectivity index (χ1v) is 9.88. The van der Waals surface area contributed by atoms with Gasteiger partial charge in [-0.2, -0.15) is 15.3 Å². The van der Waals surface area contributed by atoms with Gasteiger partial charge in [-0.25, -0.2) is 9.97 Å². The molecular weight excluding hydrogens is 382 g/mol. The number of ether oxygens (including phenoxy) is 1. The molecule has 0 fully saturated rings. The van der Waals surface area contributed by atoms with Gasteiger partial charge < -0.3 is 10.1 Å². The SMILES string of the molecule is CCOc1nnccc1-c1cnc2c(c(C(C)C)nn2C)c1NCc1ncn(C)n1. The van der Waals surface area contributed by atoms with Crippen LogP contribution in [0.4, 0.5) is 5.69 Å². The van der Waals surface area contributed by atoms with Crippen LogP contribution in [0.5, 0.6) is 5.88 Å². The molecule has 30 heavy (non-hydrogen) atoms. The van der Waals surface area contributed by atoms with Crippen molar-refractivity contribution in [3.8, 4) is 17.0 Å². The fourth-order valence-electron chi connectivity index (χ4n) is 3.44. The Kier molecular flexibility index (Phi) is 5.30. The lowest BCUT2D eigenvalue weighted by Gasteiger charge is -2.15. The smallest absolute Gasteiger partial charge is 0.241 e. The molecule has 0 atom stereocenters. The Balaban J connectivity index is 1.92. The third-order valence-electron chi connectivity index (χ3n) is 4.75. The first kappa shape index (κ1) is 19.7. The van der Waals surface area contributed by atoms with Gasteiger partial charge in [0.25, 0.3) is 0 Å². The van der Waals surface area contributed by atoms with E-state index in [1.54, 1.807) is 17.2 Å². The Hall–Kier alpha value is -3.56. The van der Waals surface area contributed by atoms with Crippen LogP contribution in [-0.2, 0) is 20.6 Å². The van der Waals surface area contributed by atoms with Gasteiger partial charge in [0.2, 0.25) is 5.88 Å². The quantitative estimate of drug-likeness (QED) is 0.498. The highest BCUT2D eigenvalue weighted by Crippen LogP contribution is 2.40. The van der Waals surface area contributed by atoms with E-state index in [2.05, 4.69) is 39.4 Å². The van der Waals surface area contributed by atoms with E-state index in [9.17, 15) is 0 Å². The molecule has 0 amide bonds. The number of nitrogens with one attached hydrogen (secondary N) is 1. The van der Waals surface area contributed by atoms with E-state index in [0.29, 0.717) is 24.9 Å². The first-order valence-electron chi connectivity index (χ1n) is 9.88. The van der Waals surface area contributed by atoms with Crippen molar-refractivity contribution < 1.29 is 4.74 Å². The molecule has 4 aromatic heterocycles. The molecule has 0 aliphatic carbocycles. The van der Waals surface area contributed by atoms with Crippen LogP contribution < -0.4 is 10.1 Å². The Morgan fingerprint density at radius 2 is 1.97 bits per heavy atom. The van der Waals surface area contributed by atoms with E-state index >= 15 is 0 Å². The second-order valence-corrected chi connectivity index (χ2v) is 7.28. The molecule has 4 rings (SSSR count). The van der Waals surface area contributed by atoms with Gasteiger partial charge in [0.05, 0.1) is 41.7 Å². The Morgan fingerprint density at radius 3 is 2.67 bits per heavy atom. The number of nitrogens with zero attached hydrogens (tertiary/aromatic N) is 8. The molecule has 10 heteroatoms. The van der Waals surface area contributed by atoms with E-state index in [0.717, 1.165) is 33.5 Å². The molecule has 10 nitrogen and oxygen atoms in total. The van der Waals surface area contributed by atoms with E-state index in [1.807, 2.05) is 38.0 Å². The van der Waals surface area contributed by atoms with Gasteiger partial charge in [0.15, 0.2) is 11.5 Å². The Morgan fingerprint density at radius 1 is 1.13 bits per heavy atom. The molecular formula is C20H25N9O. The summed E-state index contributed by atoms with van der Waals surface area (Å²) in [6.45, 7) is 7.12. The number of anilines is 1. The summed E-state index contributed by atoms with van der Waals surface area (Å²) in [5.41, 5.74) is 4.36. The zero-order chi connectivity index (χ0) is 21.3. The van der Waals surface area contributed by atoms with E-state index in [4.69, 9.17) is 14.8 Å². The Labute approximate surface area is 174 Å². The summed E-state index contributed by atoms with van der Waals surface area (Å²) >= 11 is 0. The monoisotopic (exact) mass is 407 g/mol. The summed E-state index contributed by atoms with van der Waals surface area (Å²) in [6, 6.07) is 1.89. The summed E-state index contributed by atoms with van der Waals surface area (Å²) in [4.78, 5) is 9.03. The predicted octanol–water partition coefficient (Wildman–Crippen LogP) is 2.69. The third-order valence-corrected chi connectivity index (χ3v) is 4.75. The fourth-order valence-corrected chi connectivity index (χ4v) is 3.44. The topological polar surface area (TPSA) is 108 Å². The van der Waals surface area contributed by atoms with Gasteiger partial charge in [-0.3, -0.25) is 9.36 Å². The van der Waals surface area contributed by atoms with Crippen LogP contribution in [0.3, 0.4) is 0 Å². The molecule has 156 valence electrons. The van der Waals surface area contributed by atoms with Gasteiger partial charge in [0, 0.05) is 25.9 Å². The molecule has 0 aromatic carbocycles. The van der Waals surface area contributed by atoms with Crippen molar-refractivity contribution in [2.24, 2.45) is 14.1 Å². The molecule has 4 aromatic rings. The summed E-state index contributed by atoms with van der Waals surface area (Å²) in [6.07, 6.45) is 5.16. The van der Waals surface area contributed by atoms with Crippen molar-refractivity contribution in [3.63, 3.8) is 0 Å². The zero-order valence-electron chi connectivity index (χ0n) is 17.8.